The van der Waals surface area contributed by atoms with Crippen molar-refractivity contribution in [2.45, 2.75) is 51.6 Å². The van der Waals surface area contributed by atoms with Crippen LogP contribution in [0, 0.1) is 5.92 Å². The summed E-state index contributed by atoms with van der Waals surface area (Å²) in [6.45, 7) is 4.29. The SMILES string of the molecule is CCc1ccc(CC(O)(CC)C2CC2)s1. The average molecular weight is 224 g/mol. The lowest BCUT2D eigenvalue weighted by atomic mass is 9.90. The second kappa shape index (κ2) is 4.26. The maximum Gasteiger partial charge on any atom is 0.0721 e. The van der Waals surface area contributed by atoms with Crippen molar-refractivity contribution in [1.82, 2.24) is 0 Å². The number of aryl methyl sites for hydroxylation is 1. The molecule has 1 aromatic rings. The van der Waals surface area contributed by atoms with Gasteiger partial charge in [-0.25, -0.2) is 0 Å². The third-order valence-electron chi connectivity index (χ3n) is 3.50. The first-order chi connectivity index (χ1) is 7.18. The van der Waals surface area contributed by atoms with Gasteiger partial charge >= 0.3 is 0 Å². The fourth-order valence-electron chi connectivity index (χ4n) is 2.19. The van der Waals surface area contributed by atoms with Gasteiger partial charge in [0.25, 0.3) is 0 Å². The van der Waals surface area contributed by atoms with Gasteiger partial charge in [0.1, 0.15) is 0 Å². The van der Waals surface area contributed by atoms with E-state index in [2.05, 4.69) is 26.0 Å². The van der Waals surface area contributed by atoms with E-state index in [4.69, 9.17) is 0 Å². The molecule has 1 nitrogen and oxygen atoms in total. The summed E-state index contributed by atoms with van der Waals surface area (Å²) < 4.78 is 0. The number of hydrogen-bond acceptors (Lipinski definition) is 2. The summed E-state index contributed by atoms with van der Waals surface area (Å²) in [7, 11) is 0. The van der Waals surface area contributed by atoms with Gasteiger partial charge in [-0.05, 0) is 43.7 Å². The normalized spacial score (nSPS) is 20.2. The van der Waals surface area contributed by atoms with Crippen molar-refractivity contribution >= 4 is 11.3 Å². The van der Waals surface area contributed by atoms with Crippen LogP contribution >= 0.6 is 11.3 Å². The van der Waals surface area contributed by atoms with Crippen LogP contribution < -0.4 is 0 Å². The molecular formula is C13H20OS. The zero-order valence-corrected chi connectivity index (χ0v) is 10.4. The Morgan fingerprint density at radius 1 is 1.33 bits per heavy atom. The molecule has 1 heterocycles. The summed E-state index contributed by atoms with van der Waals surface area (Å²) in [6, 6.07) is 4.38. The number of thiophene rings is 1. The highest BCUT2D eigenvalue weighted by Crippen LogP contribution is 2.43. The third kappa shape index (κ3) is 2.43. The van der Waals surface area contributed by atoms with E-state index in [0.29, 0.717) is 5.92 Å². The predicted octanol–water partition coefficient (Wildman–Crippen LogP) is 3.40. The Labute approximate surface area is 96.1 Å². The van der Waals surface area contributed by atoms with Gasteiger partial charge in [-0.3, -0.25) is 0 Å². The minimum Gasteiger partial charge on any atom is -0.389 e. The van der Waals surface area contributed by atoms with E-state index in [1.807, 2.05) is 11.3 Å². The first kappa shape index (κ1) is 11.2. The number of aliphatic hydroxyl groups is 1. The highest BCUT2D eigenvalue weighted by Gasteiger charge is 2.42. The Balaban J connectivity index is 2.05. The molecule has 2 rings (SSSR count). The number of hydrogen-bond donors (Lipinski definition) is 1. The minimum absolute atomic E-state index is 0.421. The van der Waals surface area contributed by atoms with Gasteiger partial charge in [0.2, 0.25) is 0 Å². The lowest BCUT2D eigenvalue weighted by Crippen LogP contribution is -2.32. The summed E-state index contributed by atoms with van der Waals surface area (Å²) in [5, 5.41) is 10.5. The molecule has 1 aromatic heterocycles. The molecule has 0 bridgehead atoms. The molecule has 2 heteroatoms. The lowest BCUT2D eigenvalue weighted by Gasteiger charge is -2.26. The molecule has 1 unspecified atom stereocenters. The maximum absolute atomic E-state index is 10.5. The largest absolute Gasteiger partial charge is 0.389 e. The first-order valence-corrected chi connectivity index (χ1v) is 6.79. The van der Waals surface area contributed by atoms with E-state index in [1.54, 1.807) is 0 Å². The van der Waals surface area contributed by atoms with Crippen LogP contribution in [0.2, 0.25) is 0 Å². The molecule has 1 aliphatic rings. The Hall–Kier alpha value is -0.340. The van der Waals surface area contributed by atoms with Gasteiger partial charge in [0.05, 0.1) is 5.60 Å². The summed E-state index contributed by atoms with van der Waals surface area (Å²) in [4.78, 5) is 2.78. The predicted molar refractivity (Wildman–Crippen MR) is 65.4 cm³/mol. The molecule has 1 atom stereocenters. The second-order valence-corrected chi connectivity index (χ2v) is 5.88. The monoisotopic (exact) mass is 224 g/mol. The van der Waals surface area contributed by atoms with Crippen LogP contribution in [0.4, 0.5) is 0 Å². The van der Waals surface area contributed by atoms with Crippen LogP contribution in [0.1, 0.15) is 42.9 Å². The molecule has 1 N–H and O–H groups in total. The van der Waals surface area contributed by atoms with E-state index in [0.717, 1.165) is 19.3 Å². The smallest absolute Gasteiger partial charge is 0.0721 e. The molecule has 0 aliphatic heterocycles. The van der Waals surface area contributed by atoms with Gasteiger partial charge < -0.3 is 5.11 Å². The number of rotatable bonds is 5. The van der Waals surface area contributed by atoms with E-state index in [1.165, 1.54) is 22.6 Å². The molecule has 0 amide bonds. The minimum atomic E-state index is -0.421. The lowest BCUT2D eigenvalue weighted by molar-refractivity contribution is 0.0146. The summed E-state index contributed by atoms with van der Waals surface area (Å²) in [6.07, 6.45) is 5.29. The van der Waals surface area contributed by atoms with E-state index in [9.17, 15) is 5.11 Å². The van der Waals surface area contributed by atoms with Crippen molar-refractivity contribution in [1.29, 1.82) is 0 Å². The van der Waals surface area contributed by atoms with Crippen LogP contribution in [0.3, 0.4) is 0 Å². The zero-order chi connectivity index (χ0) is 10.9. The fraction of sp³-hybridized carbons (Fsp3) is 0.692. The summed E-state index contributed by atoms with van der Waals surface area (Å²) >= 11 is 1.86. The molecule has 0 saturated heterocycles. The maximum atomic E-state index is 10.5. The van der Waals surface area contributed by atoms with Crippen molar-refractivity contribution in [3.8, 4) is 0 Å². The highest BCUT2D eigenvalue weighted by atomic mass is 32.1. The highest BCUT2D eigenvalue weighted by molar-refractivity contribution is 7.12. The molecule has 84 valence electrons. The van der Waals surface area contributed by atoms with Gasteiger partial charge in [-0.2, -0.15) is 0 Å². The van der Waals surface area contributed by atoms with Crippen molar-refractivity contribution in [2.24, 2.45) is 5.92 Å². The van der Waals surface area contributed by atoms with E-state index >= 15 is 0 Å². The van der Waals surface area contributed by atoms with Crippen LogP contribution in [-0.4, -0.2) is 10.7 Å². The van der Waals surface area contributed by atoms with Crippen molar-refractivity contribution in [3.05, 3.63) is 21.9 Å². The van der Waals surface area contributed by atoms with Crippen LogP contribution in [0.15, 0.2) is 12.1 Å². The van der Waals surface area contributed by atoms with Gasteiger partial charge in [-0.15, -0.1) is 11.3 Å². The third-order valence-corrected chi connectivity index (χ3v) is 4.73. The Kier molecular flexibility index (Phi) is 3.17. The first-order valence-electron chi connectivity index (χ1n) is 5.98. The Morgan fingerprint density at radius 3 is 2.47 bits per heavy atom. The molecule has 1 aliphatic carbocycles. The summed E-state index contributed by atoms with van der Waals surface area (Å²) in [5.74, 6) is 0.565. The fourth-order valence-corrected chi connectivity index (χ4v) is 3.26. The Bertz CT molecular complexity index is 327. The molecule has 0 spiro atoms. The quantitative estimate of drug-likeness (QED) is 0.812. The van der Waals surface area contributed by atoms with Gasteiger partial charge in [0, 0.05) is 16.2 Å². The van der Waals surface area contributed by atoms with Crippen molar-refractivity contribution in [3.63, 3.8) is 0 Å². The standard InChI is InChI=1S/C13H20OS/c1-3-11-7-8-12(15-11)9-13(14,4-2)10-5-6-10/h7-8,10,14H,3-6,9H2,1-2H3. The molecule has 0 radical (unpaired) electrons. The summed E-state index contributed by atoms with van der Waals surface area (Å²) in [5.41, 5.74) is -0.421. The molecule has 1 fully saturated rings. The van der Waals surface area contributed by atoms with Crippen LogP contribution in [0.25, 0.3) is 0 Å². The van der Waals surface area contributed by atoms with E-state index in [-0.39, 0.29) is 0 Å². The molecular weight excluding hydrogens is 204 g/mol. The van der Waals surface area contributed by atoms with E-state index < -0.39 is 5.60 Å². The van der Waals surface area contributed by atoms with Gasteiger partial charge in [0.15, 0.2) is 0 Å². The average Bonchev–Trinajstić information content (AvgIpc) is 3.01. The van der Waals surface area contributed by atoms with Crippen molar-refractivity contribution in [2.75, 3.05) is 0 Å². The second-order valence-electron chi connectivity index (χ2n) is 4.63. The van der Waals surface area contributed by atoms with Crippen molar-refractivity contribution < 1.29 is 5.11 Å². The topological polar surface area (TPSA) is 20.2 Å². The molecule has 15 heavy (non-hydrogen) atoms. The molecule has 0 aromatic carbocycles. The van der Waals surface area contributed by atoms with Crippen LogP contribution in [-0.2, 0) is 12.8 Å². The Morgan fingerprint density at radius 2 is 2.00 bits per heavy atom. The molecule has 1 saturated carbocycles. The van der Waals surface area contributed by atoms with Gasteiger partial charge in [-0.1, -0.05) is 13.8 Å². The van der Waals surface area contributed by atoms with Crippen LogP contribution in [0.5, 0.6) is 0 Å². The zero-order valence-electron chi connectivity index (χ0n) is 9.62.